The number of nitrogens with zero attached hydrogens (tertiary/aromatic N) is 1. The Morgan fingerprint density at radius 2 is 2.40 bits per heavy atom. The summed E-state index contributed by atoms with van der Waals surface area (Å²) in [6.45, 7) is 4.64. The molecule has 3 rings (SSSR count). The average Bonchev–Trinajstić information content (AvgIpc) is 2.80. The van der Waals surface area contributed by atoms with Gasteiger partial charge in [0.25, 0.3) is 0 Å². The third-order valence-corrected chi connectivity index (χ3v) is 4.48. The van der Waals surface area contributed by atoms with E-state index in [2.05, 4.69) is 11.8 Å². The number of rotatable bonds is 1. The average molecular weight is 209 g/mol. The predicted octanol–water partition coefficient (Wildman–Crippen LogP) is 1.42. The minimum absolute atomic E-state index is 0.0391. The first-order valence-electron chi connectivity index (χ1n) is 6.23. The van der Waals surface area contributed by atoms with Crippen LogP contribution in [0.15, 0.2) is 0 Å². The Bertz CT molecular complexity index is 279. The van der Waals surface area contributed by atoms with Crippen LogP contribution in [0.3, 0.4) is 0 Å². The quantitative estimate of drug-likeness (QED) is 0.612. The van der Waals surface area contributed by atoms with Crippen LogP contribution in [0.4, 0.5) is 0 Å². The molecule has 3 fully saturated rings. The highest BCUT2D eigenvalue weighted by Crippen LogP contribution is 2.42. The van der Waals surface area contributed by atoms with Crippen molar-refractivity contribution in [1.82, 2.24) is 4.90 Å². The molecule has 0 aromatic carbocycles. The monoisotopic (exact) mass is 209 g/mol. The highest BCUT2D eigenvalue weighted by Gasteiger charge is 2.50. The maximum Gasteiger partial charge on any atom is 0.306 e. The summed E-state index contributed by atoms with van der Waals surface area (Å²) < 4.78 is 5.53. The Kier molecular flexibility index (Phi) is 2.23. The zero-order chi connectivity index (χ0) is 10.4. The summed E-state index contributed by atoms with van der Waals surface area (Å²) >= 11 is 0. The van der Waals surface area contributed by atoms with E-state index in [1.54, 1.807) is 0 Å². The molecule has 3 aliphatic rings. The second-order valence-corrected chi connectivity index (χ2v) is 5.20. The maximum absolute atomic E-state index is 11.4. The van der Waals surface area contributed by atoms with Crippen LogP contribution >= 0.6 is 0 Å². The van der Waals surface area contributed by atoms with Gasteiger partial charge in [-0.2, -0.15) is 0 Å². The maximum atomic E-state index is 11.4. The van der Waals surface area contributed by atoms with Gasteiger partial charge in [0.1, 0.15) is 6.10 Å². The van der Waals surface area contributed by atoms with Crippen molar-refractivity contribution in [1.29, 1.82) is 0 Å². The van der Waals surface area contributed by atoms with Gasteiger partial charge in [-0.15, -0.1) is 0 Å². The molecule has 3 saturated heterocycles. The standard InChI is InChI=1S/C12H19NO2/c1-2-8-7-13-5-3-4-10(13)12-9(8)6-11(14)15-12/h8-10,12H,2-7H2,1H3/t8-,9-,10-,12-/m1/s1. The first-order valence-corrected chi connectivity index (χ1v) is 6.23. The normalized spacial score (nSPS) is 45.0. The molecular formula is C12H19NO2. The number of carbonyl (C=O) groups excluding carboxylic acids is 1. The van der Waals surface area contributed by atoms with Gasteiger partial charge in [0.2, 0.25) is 0 Å². The van der Waals surface area contributed by atoms with Crippen LogP contribution in [0, 0.1) is 11.8 Å². The van der Waals surface area contributed by atoms with Crippen molar-refractivity contribution >= 4 is 5.97 Å². The van der Waals surface area contributed by atoms with Gasteiger partial charge in [-0.3, -0.25) is 9.69 Å². The largest absolute Gasteiger partial charge is 0.460 e. The Hall–Kier alpha value is -0.570. The molecule has 15 heavy (non-hydrogen) atoms. The first-order chi connectivity index (χ1) is 7.29. The van der Waals surface area contributed by atoms with E-state index in [0.29, 0.717) is 24.3 Å². The number of hydrogen-bond donors (Lipinski definition) is 0. The molecule has 84 valence electrons. The van der Waals surface area contributed by atoms with Gasteiger partial charge in [0, 0.05) is 18.5 Å². The summed E-state index contributed by atoms with van der Waals surface area (Å²) in [6.07, 6.45) is 4.58. The van der Waals surface area contributed by atoms with Crippen LogP contribution in [0.25, 0.3) is 0 Å². The van der Waals surface area contributed by atoms with Crippen molar-refractivity contribution in [3.63, 3.8) is 0 Å². The molecule has 0 aromatic rings. The number of ether oxygens (including phenoxy) is 1. The van der Waals surface area contributed by atoms with E-state index in [1.807, 2.05) is 0 Å². The molecule has 3 nitrogen and oxygen atoms in total. The van der Waals surface area contributed by atoms with Crippen LogP contribution in [0.1, 0.15) is 32.6 Å². The van der Waals surface area contributed by atoms with Gasteiger partial charge < -0.3 is 4.74 Å². The van der Waals surface area contributed by atoms with Gasteiger partial charge in [0.05, 0.1) is 6.42 Å². The highest BCUT2D eigenvalue weighted by molar-refractivity contribution is 5.72. The molecule has 0 unspecified atom stereocenters. The van der Waals surface area contributed by atoms with Gasteiger partial charge in [-0.05, 0) is 25.3 Å². The van der Waals surface area contributed by atoms with Crippen molar-refractivity contribution in [3.8, 4) is 0 Å². The summed E-state index contributed by atoms with van der Waals surface area (Å²) in [4.78, 5) is 14.0. The van der Waals surface area contributed by atoms with E-state index in [-0.39, 0.29) is 12.1 Å². The minimum atomic E-state index is 0.0391. The Labute approximate surface area is 90.8 Å². The smallest absolute Gasteiger partial charge is 0.306 e. The van der Waals surface area contributed by atoms with Crippen LogP contribution in [-0.2, 0) is 9.53 Å². The van der Waals surface area contributed by atoms with E-state index < -0.39 is 0 Å². The van der Waals surface area contributed by atoms with Crippen molar-refractivity contribution in [2.75, 3.05) is 13.1 Å². The third-order valence-electron chi connectivity index (χ3n) is 4.48. The van der Waals surface area contributed by atoms with Gasteiger partial charge in [0.15, 0.2) is 0 Å². The van der Waals surface area contributed by atoms with Crippen molar-refractivity contribution in [2.45, 2.75) is 44.8 Å². The molecule has 3 aliphatic heterocycles. The summed E-state index contributed by atoms with van der Waals surface area (Å²) in [5.41, 5.74) is 0. The second-order valence-electron chi connectivity index (χ2n) is 5.20. The second kappa shape index (κ2) is 3.48. The molecule has 0 spiro atoms. The summed E-state index contributed by atoms with van der Waals surface area (Å²) in [7, 11) is 0. The van der Waals surface area contributed by atoms with Crippen molar-refractivity contribution in [3.05, 3.63) is 0 Å². The molecule has 4 atom stereocenters. The molecule has 0 aliphatic carbocycles. The van der Waals surface area contributed by atoms with E-state index >= 15 is 0 Å². The van der Waals surface area contributed by atoms with Gasteiger partial charge in [-0.25, -0.2) is 0 Å². The predicted molar refractivity (Wildman–Crippen MR) is 56.4 cm³/mol. The third kappa shape index (κ3) is 1.40. The lowest BCUT2D eigenvalue weighted by atomic mass is 9.78. The lowest BCUT2D eigenvalue weighted by molar-refractivity contribution is -0.145. The Balaban J connectivity index is 1.85. The molecule has 0 saturated carbocycles. The van der Waals surface area contributed by atoms with Crippen LogP contribution < -0.4 is 0 Å². The summed E-state index contributed by atoms with van der Waals surface area (Å²) in [5.74, 6) is 1.23. The molecular weight excluding hydrogens is 190 g/mol. The molecule has 0 aromatic heterocycles. The molecule has 0 amide bonds. The van der Waals surface area contributed by atoms with Gasteiger partial charge in [-0.1, -0.05) is 13.3 Å². The number of piperidine rings is 1. The summed E-state index contributed by atoms with van der Waals surface area (Å²) in [6, 6.07) is 0.546. The highest BCUT2D eigenvalue weighted by atomic mass is 16.6. The van der Waals surface area contributed by atoms with E-state index in [4.69, 9.17) is 4.74 Å². The fourth-order valence-corrected chi connectivity index (χ4v) is 3.71. The van der Waals surface area contributed by atoms with Crippen LogP contribution in [-0.4, -0.2) is 36.1 Å². The molecule has 0 bridgehead atoms. The molecule has 3 heteroatoms. The lowest BCUT2D eigenvalue weighted by Crippen LogP contribution is -2.51. The van der Waals surface area contributed by atoms with Crippen molar-refractivity contribution in [2.24, 2.45) is 11.8 Å². The molecule has 3 heterocycles. The van der Waals surface area contributed by atoms with Crippen LogP contribution in [0.2, 0.25) is 0 Å². The fraction of sp³-hybridized carbons (Fsp3) is 0.917. The SMILES string of the molecule is CC[C@@H]1CN2CCC[C@@H]2[C@@H]2OC(=O)C[C@H]12. The topological polar surface area (TPSA) is 29.5 Å². The molecule has 0 radical (unpaired) electrons. The number of hydrogen-bond acceptors (Lipinski definition) is 3. The summed E-state index contributed by atoms with van der Waals surface area (Å²) in [5, 5.41) is 0. The first kappa shape index (κ1) is 9.64. The Morgan fingerprint density at radius 3 is 3.20 bits per heavy atom. The van der Waals surface area contributed by atoms with Gasteiger partial charge >= 0.3 is 5.97 Å². The minimum Gasteiger partial charge on any atom is -0.460 e. The zero-order valence-electron chi connectivity index (χ0n) is 9.32. The van der Waals surface area contributed by atoms with E-state index in [0.717, 1.165) is 0 Å². The van der Waals surface area contributed by atoms with Crippen LogP contribution in [0.5, 0.6) is 0 Å². The Morgan fingerprint density at radius 1 is 1.53 bits per heavy atom. The van der Waals surface area contributed by atoms with E-state index in [1.165, 1.54) is 32.4 Å². The lowest BCUT2D eigenvalue weighted by Gasteiger charge is -2.41. The fourth-order valence-electron chi connectivity index (χ4n) is 3.71. The number of fused-ring (bicyclic) bond motifs is 3. The number of carbonyl (C=O) groups is 1. The van der Waals surface area contributed by atoms with E-state index in [9.17, 15) is 4.79 Å². The van der Waals surface area contributed by atoms with Crippen molar-refractivity contribution < 1.29 is 9.53 Å². The molecule has 0 N–H and O–H groups in total. The number of esters is 1. The zero-order valence-corrected chi connectivity index (χ0v) is 9.32.